The number of para-hydroxylation sites is 2. The van der Waals surface area contributed by atoms with Crippen molar-refractivity contribution in [2.45, 2.75) is 26.3 Å². The van der Waals surface area contributed by atoms with Crippen molar-refractivity contribution in [2.24, 2.45) is 0 Å². The molecule has 0 aliphatic carbocycles. The average Bonchev–Trinajstić information content (AvgIpc) is 3.15. The molecule has 0 saturated carbocycles. The van der Waals surface area contributed by atoms with Gasteiger partial charge in [-0.25, -0.2) is 4.98 Å². The molecule has 2 heterocycles. The number of benzene rings is 2. The summed E-state index contributed by atoms with van der Waals surface area (Å²) in [7, 11) is 0. The first-order valence-corrected chi connectivity index (χ1v) is 11.1. The molecule has 6 heteroatoms. The van der Waals surface area contributed by atoms with Crippen molar-refractivity contribution < 1.29 is 14.4 Å². The van der Waals surface area contributed by atoms with Crippen LogP contribution >= 0.6 is 11.3 Å². The minimum absolute atomic E-state index is 0.0718. The standard InChI is InChI=1S/C23H27N3O2S/c1-17(2)18-7-3-5-9-20(18)28-16-23(27)26-13-11-25(12-14-26)15-22-24-19-8-4-6-10-21(19)29-22/h3-10,17H,11-16H2,1-2H3/p+1. The fourth-order valence-corrected chi connectivity index (χ4v) is 4.82. The van der Waals surface area contributed by atoms with Crippen LogP contribution in [0.4, 0.5) is 0 Å². The zero-order chi connectivity index (χ0) is 20.2. The Balaban J connectivity index is 1.27. The molecule has 0 atom stereocenters. The van der Waals surface area contributed by atoms with Crippen LogP contribution in [0.3, 0.4) is 0 Å². The Labute approximate surface area is 175 Å². The molecule has 2 aromatic carbocycles. The van der Waals surface area contributed by atoms with Crippen LogP contribution < -0.4 is 9.64 Å². The van der Waals surface area contributed by atoms with Crippen molar-refractivity contribution in [3.63, 3.8) is 0 Å². The summed E-state index contributed by atoms with van der Waals surface area (Å²) >= 11 is 1.77. The number of ether oxygens (including phenoxy) is 1. The number of fused-ring (bicyclic) bond motifs is 1. The number of thiazole rings is 1. The summed E-state index contributed by atoms with van der Waals surface area (Å²) in [5.74, 6) is 1.26. The van der Waals surface area contributed by atoms with E-state index in [2.05, 4.69) is 38.1 Å². The lowest BCUT2D eigenvalue weighted by atomic mass is 10.0. The molecule has 4 rings (SSSR count). The van der Waals surface area contributed by atoms with E-state index in [-0.39, 0.29) is 12.5 Å². The maximum absolute atomic E-state index is 12.6. The van der Waals surface area contributed by atoms with E-state index in [1.54, 1.807) is 11.3 Å². The van der Waals surface area contributed by atoms with Gasteiger partial charge in [-0.3, -0.25) is 4.79 Å². The number of quaternary nitrogens is 1. The molecular formula is C23H28N3O2S+. The SMILES string of the molecule is CC(C)c1ccccc1OCC(=O)N1CC[NH+](Cc2nc3ccccc3s2)CC1. The summed E-state index contributed by atoms with van der Waals surface area (Å²) in [6.45, 7) is 8.75. The highest BCUT2D eigenvalue weighted by Gasteiger charge is 2.25. The summed E-state index contributed by atoms with van der Waals surface area (Å²) in [6.07, 6.45) is 0. The van der Waals surface area contributed by atoms with E-state index in [0.717, 1.165) is 49.6 Å². The van der Waals surface area contributed by atoms with Crippen molar-refractivity contribution in [1.82, 2.24) is 9.88 Å². The highest BCUT2D eigenvalue weighted by molar-refractivity contribution is 7.18. The van der Waals surface area contributed by atoms with Gasteiger partial charge in [0, 0.05) is 0 Å². The van der Waals surface area contributed by atoms with Crippen LogP contribution in [0.25, 0.3) is 10.2 Å². The Morgan fingerprint density at radius 2 is 1.86 bits per heavy atom. The Morgan fingerprint density at radius 3 is 2.62 bits per heavy atom. The molecule has 0 spiro atoms. The van der Waals surface area contributed by atoms with Crippen LogP contribution in [0.15, 0.2) is 48.5 Å². The largest absolute Gasteiger partial charge is 0.483 e. The van der Waals surface area contributed by atoms with Gasteiger partial charge < -0.3 is 14.5 Å². The zero-order valence-corrected chi connectivity index (χ0v) is 17.9. The first-order chi connectivity index (χ1) is 14.1. The summed E-state index contributed by atoms with van der Waals surface area (Å²) in [5, 5.41) is 1.18. The predicted octanol–water partition coefficient (Wildman–Crippen LogP) is 2.73. The van der Waals surface area contributed by atoms with E-state index >= 15 is 0 Å². The monoisotopic (exact) mass is 410 g/mol. The fourth-order valence-electron chi connectivity index (χ4n) is 3.78. The number of aromatic nitrogens is 1. The van der Waals surface area contributed by atoms with Gasteiger partial charge in [0.05, 0.1) is 36.4 Å². The number of piperazine rings is 1. The fraction of sp³-hybridized carbons (Fsp3) is 0.391. The zero-order valence-electron chi connectivity index (χ0n) is 17.1. The lowest BCUT2D eigenvalue weighted by molar-refractivity contribution is -0.917. The molecule has 1 aromatic heterocycles. The molecule has 1 saturated heterocycles. The average molecular weight is 411 g/mol. The molecular weight excluding hydrogens is 382 g/mol. The highest BCUT2D eigenvalue weighted by atomic mass is 32.1. The summed E-state index contributed by atoms with van der Waals surface area (Å²) in [5.41, 5.74) is 2.23. The number of carbonyl (C=O) groups excluding carboxylic acids is 1. The molecule has 29 heavy (non-hydrogen) atoms. The van der Waals surface area contributed by atoms with E-state index in [4.69, 9.17) is 9.72 Å². The van der Waals surface area contributed by atoms with Crippen LogP contribution in [-0.4, -0.2) is 48.6 Å². The molecule has 1 fully saturated rings. The van der Waals surface area contributed by atoms with Gasteiger partial charge in [0.1, 0.15) is 17.3 Å². The van der Waals surface area contributed by atoms with E-state index in [1.165, 1.54) is 14.6 Å². The van der Waals surface area contributed by atoms with Crippen LogP contribution in [0.1, 0.15) is 30.3 Å². The lowest BCUT2D eigenvalue weighted by Crippen LogP contribution is -3.13. The molecule has 152 valence electrons. The van der Waals surface area contributed by atoms with Crippen LogP contribution in [0.2, 0.25) is 0 Å². The predicted molar refractivity (Wildman–Crippen MR) is 117 cm³/mol. The number of nitrogens with zero attached hydrogens (tertiary/aromatic N) is 2. The van der Waals surface area contributed by atoms with Gasteiger partial charge in [-0.15, -0.1) is 11.3 Å². The highest BCUT2D eigenvalue weighted by Crippen LogP contribution is 2.25. The number of hydrogen-bond acceptors (Lipinski definition) is 4. The molecule has 1 N–H and O–H groups in total. The van der Waals surface area contributed by atoms with Gasteiger partial charge in [-0.05, 0) is 29.7 Å². The Kier molecular flexibility index (Phi) is 6.11. The third kappa shape index (κ3) is 4.77. The number of hydrogen-bond donors (Lipinski definition) is 1. The molecule has 1 aliphatic rings. The maximum atomic E-state index is 12.6. The second-order valence-electron chi connectivity index (χ2n) is 7.86. The van der Waals surface area contributed by atoms with Gasteiger partial charge in [0.15, 0.2) is 6.61 Å². The molecule has 0 unspecified atom stereocenters. The summed E-state index contributed by atoms with van der Waals surface area (Å²) in [6, 6.07) is 16.3. The van der Waals surface area contributed by atoms with Crippen molar-refractivity contribution >= 4 is 27.5 Å². The minimum Gasteiger partial charge on any atom is -0.483 e. The number of nitrogens with one attached hydrogen (secondary N) is 1. The number of amides is 1. The van der Waals surface area contributed by atoms with E-state index in [1.807, 2.05) is 29.2 Å². The van der Waals surface area contributed by atoms with Gasteiger partial charge >= 0.3 is 0 Å². The molecule has 3 aromatic rings. The second kappa shape index (κ2) is 8.93. The molecule has 5 nitrogen and oxygen atoms in total. The minimum atomic E-state index is 0.0718. The molecule has 0 radical (unpaired) electrons. The van der Waals surface area contributed by atoms with E-state index in [9.17, 15) is 4.79 Å². The quantitative estimate of drug-likeness (QED) is 0.680. The maximum Gasteiger partial charge on any atom is 0.260 e. The number of carbonyl (C=O) groups is 1. The van der Waals surface area contributed by atoms with Crippen LogP contribution in [-0.2, 0) is 11.3 Å². The third-order valence-electron chi connectivity index (χ3n) is 5.45. The lowest BCUT2D eigenvalue weighted by Gasteiger charge is -2.31. The Bertz CT molecular complexity index is 944. The van der Waals surface area contributed by atoms with Crippen LogP contribution in [0.5, 0.6) is 5.75 Å². The van der Waals surface area contributed by atoms with Gasteiger partial charge in [0.2, 0.25) is 0 Å². The first kappa shape index (κ1) is 19.9. The van der Waals surface area contributed by atoms with Crippen molar-refractivity contribution in [1.29, 1.82) is 0 Å². The molecule has 0 bridgehead atoms. The van der Waals surface area contributed by atoms with Gasteiger partial charge in [-0.1, -0.05) is 44.2 Å². The third-order valence-corrected chi connectivity index (χ3v) is 6.49. The first-order valence-electron chi connectivity index (χ1n) is 10.3. The summed E-state index contributed by atoms with van der Waals surface area (Å²) in [4.78, 5) is 20.8. The van der Waals surface area contributed by atoms with Gasteiger partial charge in [0.25, 0.3) is 5.91 Å². The molecule has 1 amide bonds. The number of rotatable bonds is 6. The van der Waals surface area contributed by atoms with E-state index in [0.29, 0.717) is 5.92 Å². The van der Waals surface area contributed by atoms with Crippen molar-refractivity contribution in [3.8, 4) is 5.75 Å². The Morgan fingerprint density at radius 1 is 1.14 bits per heavy atom. The van der Waals surface area contributed by atoms with Crippen molar-refractivity contribution in [3.05, 3.63) is 59.1 Å². The summed E-state index contributed by atoms with van der Waals surface area (Å²) < 4.78 is 7.11. The van der Waals surface area contributed by atoms with Crippen LogP contribution in [0, 0.1) is 0 Å². The van der Waals surface area contributed by atoms with E-state index < -0.39 is 0 Å². The smallest absolute Gasteiger partial charge is 0.260 e. The van der Waals surface area contributed by atoms with Crippen molar-refractivity contribution in [2.75, 3.05) is 32.8 Å². The van der Waals surface area contributed by atoms with Gasteiger partial charge in [-0.2, -0.15) is 0 Å². The normalized spacial score (nSPS) is 15.2. The Hall–Kier alpha value is -2.44. The second-order valence-corrected chi connectivity index (χ2v) is 8.98. The topological polar surface area (TPSA) is 46.9 Å². The molecule has 1 aliphatic heterocycles.